The van der Waals surface area contributed by atoms with Crippen LogP contribution in [0.1, 0.15) is 33.1 Å². The van der Waals surface area contributed by atoms with Gasteiger partial charge in [0.15, 0.2) is 5.82 Å². The van der Waals surface area contributed by atoms with Crippen molar-refractivity contribution in [2.45, 2.75) is 38.7 Å². The van der Waals surface area contributed by atoms with E-state index in [2.05, 4.69) is 18.8 Å². The summed E-state index contributed by atoms with van der Waals surface area (Å²) in [5, 5.41) is 0. The Morgan fingerprint density at radius 3 is 3.04 bits per heavy atom. The summed E-state index contributed by atoms with van der Waals surface area (Å²) in [7, 11) is 0. The number of amides is 1. The maximum atomic E-state index is 13.6. The van der Waals surface area contributed by atoms with Gasteiger partial charge >= 0.3 is 0 Å². The molecule has 0 N–H and O–H groups in total. The van der Waals surface area contributed by atoms with Crippen LogP contribution in [0.25, 0.3) is 0 Å². The lowest BCUT2D eigenvalue weighted by Gasteiger charge is -2.50. The molecule has 0 bridgehead atoms. The number of nitrogens with zero attached hydrogens (tertiary/aromatic N) is 2. The summed E-state index contributed by atoms with van der Waals surface area (Å²) in [5.74, 6) is 0.461. The van der Waals surface area contributed by atoms with Gasteiger partial charge in [0.05, 0.1) is 19.7 Å². The quantitative estimate of drug-likeness (QED) is 0.801. The topological polar surface area (TPSA) is 51.7 Å². The van der Waals surface area contributed by atoms with Gasteiger partial charge < -0.3 is 14.4 Å². The van der Waals surface area contributed by atoms with E-state index in [1.807, 2.05) is 4.90 Å². The van der Waals surface area contributed by atoms with Crippen molar-refractivity contribution in [3.05, 3.63) is 24.1 Å². The van der Waals surface area contributed by atoms with Crippen LogP contribution >= 0.6 is 0 Å². The number of aromatic nitrogens is 1. The molecule has 2 aliphatic rings. The number of likely N-dealkylation sites (tertiary alicyclic amines) is 1. The molecule has 6 heteroatoms. The molecular weight excluding hydrogens is 311 g/mol. The molecule has 1 atom stereocenters. The Labute approximate surface area is 142 Å². The van der Waals surface area contributed by atoms with Crippen LogP contribution in [0.5, 0.6) is 5.88 Å². The summed E-state index contributed by atoms with van der Waals surface area (Å²) in [4.78, 5) is 18.0. The normalized spacial score (nSPS) is 22.0. The average molecular weight is 336 g/mol. The molecule has 2 aliphatic heterocycles. The predicted molar refractivity (Wildman–Crippen MR) is 87.1 cm³/mol. The van der Waals surface area contributed by atoms with Gasteiger partial charge in [0.25, 0.3) is 0 Å². The van der Waals surface area contributed by atoms with Crippen LogP contribution in [0.3, 0.4) is 0 Å². The van der Waals surface area contributed by atoms with E-state index in [-0.39, 0.29) is 23.3 Å². The molecule has 3 heterocycles. The largest absolute Gasteiger partial charge is 0.475 e. The van der Waals surface area contributed by atoms with Gasteiger partial charge in [-0.3, -0.25) is 4.79 Å². The Kier molecular flexibility index (Phi) is 5.04. The minimum atomic E-state index is -0.454. The Balaban J connectivity index is 1.52. The molecule has 0 unspecified atom stereocenters. The fourth-order valence-corrected chi connectivity index (χ4v) is 3.37. The maximum Gasteiger partial charge on any atom is 0.250 e. The molecule has 132 valence electrons. The van der Waals surface area contributed by atoms with Crippen LogP contribution in [0, 0.1) is 17.7 Å². The van der Waals surface area contributed by atoms with E-state index >= 15 is 0 Å². The molecule has 0 radical (unpaired) electrons. The molecule has 24 heavy (non-hydrogen) atoms. The maximum absolute atomic E-state index is 13.6. The van der Waals surface area contributed by atoms with E-state index in [0.29, 0.717) is 38.6 Å². The zero-order valence-electron chi connectivity index (χ0n) is 14.3. The number of carbonyl (C=O) groups excluding carboxylic acids is 1. The Hall–Kier alpha value is -1.69. The van der Waals surface area contributed by atoms with Crippen LogP contribution < -0.4 is 4.74 Å². The van der Waals surface area contributed by atoms with Gasteiger partial charge in [0.2, 0.25) is 11.8 Å². The smallest absolute Gasteiger partial charge is 0.250 e. The van der Waals surface area contributed by atoms with Gasteiger partial charge in [0.1, 0.15) is 5.60 Å². The molecule has 1 amide bonds. The Morgan fingerprint density at radius 1 is 1.54 bits per heavy atom. The minimum Gasteiger partial charge on any atom is -0.475 e. The first-order valence-corrected chi connectivity index (χ1v) is 8.65. The van der Waals surface area contributed by atoms with Crippen LogP contribution in [-0.4, -0.2) is 47.7 Å². The van der Waals surface area contributed by atoms with Crippen molar-refractivity contribution in [3.8, 4) is 5.88 Å². The van der Waals surface area contributed by atoms with Crippen molar-refractivity contribution in [3.63, 3.8) is 0 Å². The first-order chi connectivity index (χ1) is 11.5. The van der Waals surface area contributed by atoms with E-state index in [4.69, 9.17) is 9.47 Å². The number of ether oxygens (including phenoxy) is 2. The summed E-state index contributed by atoms with van der Waals surface area (Å²) in [6, 6.07) is 2.87. The van der Waals surface area contributed by atoms with E-state index in [9.17, 15) is 9.18 Å². The lowest BCUT2D eigenvalue weighted by molar-refractivity contribution is -0.167. The summed E-state index contributed by atoms with van der Waals surface area (Å²) in [5.41, 5.74) is -0.321. The van der Waals surface area contributed by atoms with Crippen LogP contribution in [0.15, 0.2) is 18.3 Å². The Bertz CT molecular complexity index is 587. The van der Waals surface area contributed by atoms with Gasteiger partial charge in [-0.15, -0.1) is 0 Å². The number of hydrogen-bond acceptors (Lipinski definition) is 4. The minimum absolute atomic E-state index is 0.0312. The summed E-state index contributed by atoms with van der Waals surface area (Å²) in [6.45, 7) is 6.49. The van der Waals surface area contributed by atoms with Crippen molar-refractivity contribution in [2.24, 2.45) is 11.8 Å². The second kappa shape index (κ2) is 7.05. The molecule has 0 aliphatic carbocycles. The van der Waals surface area contributed by atoms with E-state index in [1.165, 1.54) is 18.3 Å². The second-order valence-electron chi connectivity index (χ2n) is 7.18. The molecular formula is C18H25FN2O3. The molecule has 1 aromatic heterocycles. The van der Waals surface area contributed by atoms with Crippen molar-refractivity contribution in [2.75, 3.05) is 26.3 Å². The molecule has 0 aromatic carbocycles. The van der Waals surface area contributed by atoms with E-state index in [0.717, 1.165) is 12.8 Å². The molecule has 2 saturated heterocycles. The highest BCUT2D eigenvalue weighted by atomic mass is 19.1. The highest BCUT2D eigenvalue weighted by molar-refractivity contribution is 5.77. The third-order valence-electron chi connectivity index (χ3n) is 4.95. The number of halogens is 1. The highest BCUT2D eigenvalue weighted by Gasteiger charge is 2.54. The SMILES string of the molecule is CC(C)CCC(=O)N1CC2(C1)OCC[C@H]2COc1ncccc1F. The van der Waals surface area contributed by atoms with E-state index < -0.39 is 5.82 Å². The fraction of sp³-hybridized carbons (Fsp3) is 0.667. The van der Waals surface area contributed by atoms with Gasteiger partial charge in [-0.05, 0) is 30.9 Å². The highest BCUT2D eigenvalue weighted by Crippen LogP contribution is 2.40. The molecule has 5 nitrogen and oxygen atoms in total. The third-order valence-corrected chi connectivity index (χ3v) is 4.95. The monoisotopic (exact) mass is 336 g/mol. The van der Waals surface area contributed by atoms with Gasteiger partial charge in [0, 0.05) is 25.1 Å². The van der Waals surface area contributed by atoms with Crippen LogP contribution in [0.2, 0.25) is 0 Å². The number of pyridine rings is 1. The van der Waals surface area contributed by atoms with Crippen LogP contribution in [0.4, 0.5) is 4.39 Å². The summed E-state index contributed by atoms with van der Waals surface area (Å²) in [6.07, 6.45) is 3.88. The van der Waals surface area contributed by atoms with Crippen molar-refractivity contribution < 1.29 is 18.7 Å². The number of rotatable bonds is 6. The molecule has 3 rings (SSSR count). The van der Waals surface area contributed by atoms with E-state index in [1.54, 1.807) is 0 Å². The molecule has 0 saturated carbocycles. The zero-order chi connectivity index (χ0) is 17.2. The number of carbonyl (C=O) groups is 1. The Morgan fingerprint density at radius 2 is 2.33 bits per heavy atom. The zero-order valence-corrected chi connectivity index (χ0v) is 14.3. The molecule has 1 aromatic rings. The first kappa shape index (κ1) is 17.1. The second-order valence-corrected chi connectivity index (χ2v) is 7.18. The molecule has 1 spiro atoms. The van der Waals surface area contributed by atoms with Gasteiger partial charge in [-0.1, -0.05) is 13.8 Å². The third kappa shape index (κ3) is 3.53. The van der Waals surface area contributed by atoms with Crippen molar-refractivity contribution in [1.82, 2.24) is 9.88 Å². The van der Waals surface area contributed by atoms with Crippen molar-refractivity contribution >= 4 is 5.91 Å². The van der Waals surface area contributed by atoms with Crippen LogP contribution in [-0.2, 0) is 9.53 Å². The van der Waals surface area contributed by atoms with Crippen molar-refractivity contribution in [1.29, 1.82) is 0 Å². The molecule has 2 fully saturated rings. The number of hydrogen-bond donors (Lipinski definition) is 0. The fourth-order valence-electron chi connectivity index (χ4n) is 3.37. The average Bonchev–Trinajstić information content (AvgIpc) is 2.94. The standard InChI is InChI=1S/C18H25FN2O3/c1-13(2)5-6-16(22)21-11-18(12-21)14(7-9-24-18)10-23-17-15(19)4-3-8-20-17/h3-4,8,13-14H,5-7,9-12H2,1-2H3/t14-/m0/s1. The summed E-state index contributed by atoms with van der Waals surface area (Å²) >= 11 is 0. The lowest BCUT2D eigenvalue weighted by Crippen LogP contribution is -2.66. The van der Waals surface area contributed by atoms with Gasteiger partial charge in [-0.2, -0.15) is 0 Å². The summed E-state index contributed by atoms with van der Waals surface area (Å²) < 4.78 is 25.1. The van der Waals surface area contributed by atoms with Gasteiger partial charge in [-0.25, -0.2) is 9.37 Å². The first-order valence-electron chi connectivity index (χ1n) is 8.65. The predicted octanol–water partition coefficient (Wildman–Crippen LogP) is 2.65. The lowest BCUT2D eigenvalue weighted by atomic mass is 9.81.